The molecule has 0 radical (unpaired) electrons. The van der Waals surface area contributed by atoms with Crippen molar-refractivity contribution < 1.29 is 4.79 Å². The van der Waals surface area contributed by atoms with Crippen LogP contribution < -0.4 is 5.32 Å². The fourth-order valence-corrected chi connectivity index (χ4v) is 3.39. The number of aromatic nitrogens is 1. The molecule has 5 heteroatoms. The van der Waals surface area contributed by atoms with Crippen LogP contribution in [-0.4, -0.2) is 36.4 Å². The van der Waals surface area contributed by atoms with E-state index in [0.29, 0.717) is 5.56 Å². The molecule has 4 nitrogen and oxygen atoms in total. The third kappa shape index (κ3) is 4.65. The number of nitrogens with zero attached hydrogens (tertiary/aromatic N) is 2. The van der Waals surface area contributed by atoms with E-state index < -0.39 is 5.54 Å². The minimum atomic E-state index is -0.431. The van der Waals surface area contributed by atoms with Gasteiger partial charge in [0.2, 0.25) is 0 Å². The lowest BCUT2D eigenvalue weighted by atomic mass is 9.98. The summed E-state index contributed by atoms with van der Waals surface area (Å²) in [5.41, 5.74) is 2.50. The molecule has 130 valence electrons. The van der Waals surface area contributed by atoms with E-state index in [-0.39, 0.29) is 5.91 Å². The Balaban J connectivity index is 2.07. The summed E-state index contributed by atoms with van der Waals surface area (Å²) in [5, 5.41) is 6.14. The zero-order valence-electron chi connectivity index (χ0n) is 15.2. The Hall–Kier alpha value is -1.72. The SMILES string of the molecule is CCC(C)(NC(=O)c1ccc(CCN(C)C)cc1)c1nc(C)cs1. The van der Waals surface area contributed by atoms with Crippen LogP contribution in [0.15, 0.2) is 29.6 Å². The van der Waals surface area contributed by atoms with Crippen LogP contribution in [0.5, 0.6) is 0 Å². The Morgan fingerprint density at radius 1 is 1.29 bits per heavy atom. The van der Waals surface area contributed by atoms with E-state index in [1.54, 1.807) is 11.3 Å². The number of nitrogens with one attached hydrogen (secondary N) is 1. The van der Waals surface area contributed by atoms with Crippen LogP contribution in [0, 0.1) is 6.92 Å². The first kappa shape index (κ1) is 18.6. The van der Waals surface area contributed by atoms with Crippen LogP contribution in [0.4, 0.5) is 0 Å². The predicted molar refractivity (Wildman–Crippen MR) is 101 cm³/mol. The van der Waals surface area contributed by atoms with E-state index in [2.05, 4.69) is 36.2 Å². The fraction of sp³-hybridized carbons (Fsp3) is 0.474. The van der Waals surface area contributed by atoms with Crippen molar-refractivity contribution in [2.75, 3.05) is 20.6 Å². The molecule has 1 atom stereocenters. The van der Waals surface area contributed by atoms with Gasteiger partial charge in [-0.05, 0) is 58.5 Å². The second-order valence-corrected chi connectivity index (χ2v) is 7.54. The van der Waals surface area contributed by atoms with E-state index >= 15 is 0 Å². The lowest BCUT2D eigenvalue weighted by molar-refractivity contribution is 0.0902. The molecule has 0 fully saturated rings. The summed E-state index contributed by atoms with van der Waals surface area (Å²) in [6.07, 6.45) is 1.78. The number of amides is 1. The Morgan fingerprint density at radius 3 is 2.46 bits per heavy atom. The number of aryl methyl sites for hydroxylation is 1. The van der Waals surface area contributed by atoms with E-state index in [1.165, 1.54) is 5.56 Å². The summed E-state index contributed by atoms with van der Waals surface area (Å²) in [6, 6.07) is 7.89. The second kappa shape index (κ2) is 7.90. The van der Waals surface area contributed by atoms with Crippen molar-refractivity contribution in [1.29, 1.82) is 0 Å². The average Bonchev–Trinajstić information content (AvgIpc) is 3.00. The summed E-state index contributed by atoms with van der Waals surface area (Å²) in [7, 11) is 4.13. The number of likely N-dealkylation sites (N-methyl/N-ethyl adjacent to an activating group) is 1. The maximum absolute atomic E-state index is 12.6. The number of carbonyl (C=O) groups is 1. The molecule has 1 unspecified atom stereocenters. The highest BCUT2D eigenvalue weighted by molar-refractivity contribution is 7.09. The van der Waals surface area contributed by atoms with Crippen molar-refractivity contribution in [2.45, 2.75) is 39.2 Å². The van der Waals surface area contributed by atoms with E-state index in [9.17, 15) is 4.79 Å². The van der Waals surface area contributed by atoms with Crippen molar-refractivity contribution in [2.24, 2.45) is 0 Å². The van der Waals surface area contributed by atoms with Gasteiger partial charge in [0.15, 0.2) is 0 Å². The highest BCUT2D eigenvalue weighted by atomic mass is 32.1. The molecule has 24 heavy (non-hydrogen) atoms. The van der Waals surface area contributed by atoms with Gasteiger partial charge in [0.1, 0.15) is 5.01 Å². The van der Waals surface area contributed by atoms with Gasteiger partial charge in [-0.3, -0.25) is 4.79 Å². The Bertz CT molecular complexity index is 678. The van der Waals surface area contributed by atoms with E-state index in [1.807, 2.05) is 43.5 Å². The van der Waals surface area contributed by atoms with Gasteiger partial charge >= 0.3 is 0 Å². The largest absolute Gasteiger partial charge is 0.340 e. The van der Waals surface area contributed by atoms with E-state index in [4.69, 9.17) is 0 Å². The lowest BCUT2D eigenvalue weighted by Crippen LogP contribution is -2.43. The normalized spacial score (nSPS) is 13.8. The summed E-state index contributed by atoms with van der Waals surface area (Å²) >= 11 is 1.60. The van der Waals surface area contributed by atoms with Crippen LogP contribution in [0.1, 0.15) is 46.9 Å². The molecule has 2 aromatic rings. The number of carbonyl (C=O) groups excluding carboxylic acids is 1. The van der Waals surface area contributed by atoms with Crippen molar-refractivity contribution in [1.82, 2.24) is 15.2 Å². The van der Waals surface area contributed by atoms with Crippen molar-refractivity contribution >= 4 is 17.2 Å². The smallest absolute Gasteiger partial charge is 0.252 e. The summed E-state index contributed by atoms with van der Waals surface area (Å²) in [5.74, 6) is -0.0497. The van der Waals surface area contributed by atoms with Gasteiger partial charge in [0, 0.05) is 23.2 Å². The number of thiazole rings is 1. The lowest BCUT2D eigenvalue weighted by Gasteiger charge is -2.27. The maximum atomic E-state index is 12.6. The van der Waals surface area contributed by atoms with Crippen LogP contribution in [0.25, 0.3) is 0 Å². The molecule has 1 N–H and O–H groups in total. The number of benzene rings is 1. The minimum Gasteiger partial charge on any atom is -0.340 e. The maximum Gasteiger partial charge on any atom is 0.252 e. The zero-order chi connectivity index (χ0) is 17.7. The van der Waals surface area contributed by atoms with Crippen LogP contribution in [0.3, 0.4) is 0 Å². The third-order valence-electron chi connectivity index (χ3n) is 4.25. The molecule has 1 heterocycles. The van der Waals surface area contributed by atoms with Gasteiger partial charge in [0.25, 0.3) is 5.91 Å². The standard InChI is InChI=1S/C19H27N3OS/c1-6-19(3,18-20-14(2)13-24-18)21-17(23)16-9-7-15(8-10-16)11-12-22(4)5/h7-10,13H,6,11-12H2,1-5H3,(H,21,23). The molecule has 0 aliphatic heterocycles. The quantitative estimate of drug-likeness (QED) is 0.834. The molecule has 1 amide bonds. The van der Waals surface area contributed by atoms with Gasteiger partial charge in [-0.1, -0.05) is 19.1 Å². The first-order valence-corrected chi connectivity index (χ1v) is 9.21. The second-order valence-electron chi connectivity index (χ2n) is 6.68. The van der Waals surface area contributed by atoms with Crippen LogP contribution in [-0.2, 0) is 12.0 Å². The molecule has 0 spiro atoms. The number of hydrogen-bond donors (Lipinski definition) is 1. The first-order chi connectivity index (χ1) is 11.3. The molecule has 1 aromatic heterocycles. The molecule has 2 rings (SSSR count). The number of hydrogen-bond acceptors (Lipinski definition) is 4. The Kier molecular flexibility index (Phi) is 6.13. The Labute approximate surface area is 148 Å². The predicted octanol–water partition coefficient (Wildman–Crippen LogP) is 3.61. The van der Waals surface area contributed by atoms with Gasteiger partial charge in [-0.15, -0.1) is 11.3 Å². The van der Waals surface area contributed by atoms with Gasteiger partial charge < -0.3 is 10.2 Å². The molecular weight excluding hydrogens is 318 g/mol. The minimum absolute atomic E-state index is 0.0497. The van der Waals surface area contributed by atoms with E-state index in [0.717, 1.165) is 30.1 Å². The van der Waals surface area contributed by atoms with Crippen molar-refractivity contribution in [3.8, 4) is 0 Å². The summed E-state index contributed by atoms with van der Waals surface area (Å²) < 4.78 is 0. The van der Waals surface area contributed by atoms with Crippen LogP contribution in [0.2, 0.25) is 0 Å². The zero-order valence-corrected chi connectivity index (χ0v) is 16.0. The van der Waals surface area contributed by atoms with Crippen molar-refractivity contribution in [3.63, 3.8) is 0 Å². The van der Waals surface area contributed by atoms with Gasteiger partial charge in [-0.2, -0.15) is 0 Å². The molecule has 0 aliphatic carbocycles. The van der Waals surface area contributed by atoms with Crippen LogP contribution >= 0.6 is 11.3 Å². The number of rotatable bonds is 7. The molecule has 0 saturated carbocycles. The molecular formula is C19H27N3OS. The average molecular weight is 346 g/mol. The summed E-state index contributed by atoms with van der Waals surface area (Å²) in [6.45, 7) is 7.09. The monoisotopic (exact) mass is 345 g/mol. The molecule has 0 bridgehead atoms. The molecule has 1 aromatic carbocycles. The molecule has 0 aliphatic rings. The van der Waals surface area contributed by atoms with Gasteiger partial charge in [0.05, 0.1) is 5.54 Å². The highest BCUT2D eigenvalue weighted by Crippen LogP contribution is 2.28. The fourth-order valence-electron chi connectivity index (χ4n) is 2.40. The molecule has 0 saturated heterocycles. The summed E-state index contributed by atoms with van der Waals surface area (Å²) in [4.78, 5) is 19.3. The topological polar surface area (TPSA) is 45.2 Å². The van der Waals surface area contributed by atoms with Crippen molar-refractivity contribution in [3.05, 3.63) is 51.5 Å². The third-order valence-corrected chi connectivity index (χ3v) is 5.48. The van der Waals surface area contributed by atoms with Gasteiger partial charge in [-0.25, -0.2) is 4.98 Å². The Morgan fingerprint density at radius 2 is 1.96 bits per heavy atom. The first-order valence-electron chi connectivity index (χ1n) is 8.33. The highest BCUT2D eigenvalue weighted by Gasteiger charge is 2.30.